The summed E-state index contributed by atoms with van der Waals surface area (Å²) in [6, 6.07) is 0.117. The first-order valence-electron chi connectivity index (χ1n) is 4.97. The van der Waals surface area contributed by atoms with Gasteiger partial charge in [-0.2, -0.15) is 4.98 Å². The number of anilines is 1. The molecule has 0 fully saturated rings. The van der Waals surface area contributed by atoms with Crippen molar-refractivity contribution >= 4 is 5.95 Å². The molecule has 0 amide bonds. The maximum atomic E-state index is 5.14. The van der Waals surface area contributed by atoms with E-state index in [9.17, 15) is 0 Å². The Hall–Kier alpha value is -1.10. The van der Waals surface area contributed by atoms with Crippen molar-refractivity contribution < 1.29 is 4.52 Å². The summed E-state index contributed by atoms with van der Waals surface area (Å²) in [5.41, 5.74) is 0. The lowest BCUT2D eigenvalue weighted by molar-refractivity contribution is 0.341. The van der Waals surface area contributed by atoms with Crippen molar-refractivity contribution in [1.82, 2.24) is 15.5 Å². The molecule has 0 aliphatic carbocycles. The standard InChI is InChI=1S/C9H18N4O/c1-5-10-7(3)8-11-9(12-14-8)13(4)6-2/h7,10H,5-6H2,1-4H3. The molecule has 14 heavy (non-hydrogen) atoms. The van der Waals surface area contributed by atoms with Gasteiger partial charge < -0.3 is 14.7 Å². The number of nitrogens with zero attached hydrogens (tertiary/aromatic N) is 3. The van der Waals surface area contributed by atoms with Crippen LogP contribution in [-0.4, -0.2) is 30.3 Å². The first-order valence-corrected chi connectivity index (χ1v) is 4.97. The molecule has 1 aromatic rings. The van der Waals surface area contributed by atoms with Crippen molar-refractivity contribution in [3.05, 3.63) is 5.89 Å². The van der Waals surface area contributed by atoms with Crippen molar-refractivity contribution in [1.29, 1.82) is 0 Å². The summed E-state index contributed by atoms with van der Waals surface area (Å²) in [4.78, 5) is 6.22. The fraction of sp³-hybridized carbons (Fsp3) is 0.778. The lowest BCUT2D eigenvalue weighted by Gasteiger charge is -2.09. The summed E-state index contributed by atoms with van der Waals surface area (Å²) in [5, 5.41) is 7.11. The van der Waals surface area contributed by atoms with E-state index in [0.717, 1.165) is 13.1 Å². The van der Waals surface area contributed by atoms with Gasteiger partial charge in [-0.05, 0) is 25.5 Å². The molecule has 0 saturated heterocycles. The second-order valence-corrected chi connectivity index (χ2v) is 3.23. The van der Waals surface area contributed by atoms with Crippen LogP contribution in [0.5, 0.6) is 0 Å². The molecule has 5 nitrogen and oxygen atoms in total. The molecule has 1 atom stereocenters. The SMILES string of the molecule is CCNC(C)c1nc(N(C)CC)no1. The van der Waals surface area contributed by atoms with Gasteiger partial charge in [0.15, 0.2) is 0 Å². The Morgan fingerprint density at radius 1 is 1.50 bits per heavy atom. The second kappa shape index (κ2) is 4.95. The zero-order valence-corrected chi connectivity index (χ0v) is 9.24. The average Bonchev–Trinajstić information content (AvgIpc) is 2.66. The number of nitrogens with one attached hydrogen (secondary N) is 1. The molecule has 0 radical (unpaired) electrons. The van der Waals surface area contributed by atoms with Gasteiger partial charge in [0.2, 0.25) is 5.89 Å². The molecule has 0 bridgehead atoms. The van der Waals surface area contributed by atoms with Gasteiger partial charge in [-0.1, -0.05) is 6.92 Å². The van der Waals surface area contributed by atoms with Crippen LogP contribution in [0.2, 0.25) is 0 Å². The minimum Gasteiger partial charge on any atom is -0.342 e. The van der Waals surface area contributed by atoms with Crippen molar-refractivity contribution in [2.45, 2.75) is 26.8 Å². The highest BCUT2D eigenvalue weighted by molar-refractivity contribution is 5.25. The zero-order chi connectivity index (χ0) is 10.6. The van der Waals surface area contributed by atoms with Gasteiger partial charge in [0.05, 0.1) is 6.04 Å². The predicted molar refractivity (Wildman–Crippen MR) is 55.3 cm³/mol. The molecule has 1 heterocycles. The van der Waals surface area contributed by atoms with E-state index >= 15 is 0 Å². The maximum absolute atomic E-state index is 5.14. The Morgan fingerprint density at radius 2 is 2.21 bits per heavy atom. The second-order valence-electron chi connectivity index (χ2n) is 3.23. The van der Waals surface area contributed by atoms with Crippen LogP contribution in [-0.2, 0) is 0 Å². The third-order valence-electron chi connectivity index (χ3n) is 2.13. The molecule has 0 saturated carbocycles. The third-order valence-corrected chi connectivity index (χ3v) is 2.13. The largest absolute Gasteiger partial charge is 0.342 e. The normalized spacial score (nSPS) is 12.9. The van der Waals surface area contributed by atoms with Crippen molar-refractivity contribution in [3.8, 4) is 0 Å². The van der Waals surface area contributed by atoms with Gasteiger partial charge in [-0.25, -0.2) is 0 Å². The monoisotopic (exact) mass is 198 g/mol. The molecule has 0 aliphatic heterocycles. The van der Waals surface area contributed by atoms with Crippen molar-refractivity contribution in [2.75, 3.05) is 25.0 Å². The molecule has 1 rings (SSSR count). The van der Waals surface area contributed by atoms with E-state index in [2.05, 4.69) is 15.5 Å². The minimum absolute atomic E-state index is 0.117. The van der Waals surface area contributed by atoms with E-state index in [4.69, 9.17) is 4.52 Å². The molecule has 1 aromatic heterocycles. The number of rotatable bonds is 5. The van der Waals surface area contributed by atoms with Crippen LogP contribution in [0.25, 0.3) is 0 Å². The molecular formula is C9H18N4O. The van der Waals surface area contributed by atoms with Crippen molar-refractivity contribution in [3.63, 3.8) is 0 Å². The quantitative estimate of drug-likeness (QED) is 0.770. The Kier molecular flexibility index (Phi) is 3.88. The van der Waals surface area contributed by atoms with Crippen LogP contribution in [0, 0.1) is 0 Å². The molecule has 5 heteroatoms. The topological polar surface area (TPSA) is 54.2 Å². The van der Waals surface area contributed by atoms with Crippen molar-refractivity contribution in [2.24, 2.45) is 0 Å². The number of aromatic nitrogens is 2. The molecule has 1 N–H and O–H groups in total. The first-order chi connectivity index (χ1) is 6.69. The molecule has 80 valence electrons. The van der Waals surface area contributed by atoms with E-state index < -0.39 is 0 Å². The lowest BCUT2D eigenvalue weighted by Crippen LogP contribution is -2.19. The lowest BCUT2D eigenvalue weighted by atomic mass is 10.3. The van der Waals surface area contributed by atoms with Gasteiger partial charge in [-0.15, -0.1) is 0 Å². The van der Waals surface area contributed by atoms with E-state index in [1.54, 1.807) is 0 Å². The average molecular weight is 198 g/mol. The minimum atomic E-state index is 0.117. The molecular weight excluding hydrogens is 180 g/mol. The van der Waals surface area contributed by atoms with Gasteiger partial charge >= 0.3 is 0 Å². The highest BCUT2D eigenvalue weighted by Crippen LogP contribution is 2.13. The number of hydrogen-bond acceptors (Lipinski definition) is 5. The molecule has 0 aliphatic rings. The fourth-order valence-corrected chi connectivity index (χ4v) is 1.09. The van der Waals surface area contributed by atoms with E-state index in [1.807, 2.05) is 32.7 Å². The van der Waals surface area contributed by atoms with Gasteiger partial charge in [-0.3, -0.25) is 0 Å². The van der Waals surface area contributed by atoms with Crippen LogP contribution in [0.4, 0.5) is 5.95 Å². The summed E-state index contributed by atoms with van der Waals surface area (Å²) < 4.78 is 5.14. The summed E-state index contributed by atoms with van der Waals surface area (Å²) in [5.74, 6) is 1.29. The summed E-state index contributed by atoms with van der Waals surface area (Å²) in [6.07, 6.45) is 0. The Morgan fingerprint density at radius 3 is 2.79 bits per heavy atom. The highest BCUT2D eigenvalue weighted by Gasteiger charge is 2.14. The van der Waals surface area contributed by atoms with Gasteiger partial charge in [0.1, 0.15) is 0 Å². The van der Waals surface area contributed by atoms with Crippen LogP contribution >= 0.6 is 0 Å². The van der Waals surface area contributed by atoms with Crippen LogP contribution < -0.4 is 10.2 Å². The van der Waals surface area contributed by atoms with Crippen LogP contribution in [0.1, 0.15) is 32.7 Å². The van der Waals surface area contributed by atoms with Crippen LogP contribution in [0.15, 0.2) is 4.52 Å². The number of hydrogen-bond donors (Lipinski definition) is 1. The smallest absolute Gasteiger partial charge is 0.265 e. The molecule has 1 unspecified atom stereocenters. The Labute approximate surface area is 84.5 Å². The first kappa shape index (κ1) is 11.0. The Bertz CT molecular complexity index is 274. The van der Waals surface area contributed by atoms with Gasteiger partial charge in [0.25, 0.3) is 5.95 Å². The summed E-state index contributed by atoms with van der Waals surface area (Å²) in [7, 11) is 1.94. The van der Waals surface area contributed by atoms with E-state index in [-0.39, 0.29) is 6.04 Å². The molecule has 0 aromatic carbocycles. The van der Waals surface area contributed by atoms with Gasteiger partial charge in [0, 0.05) is 13.6 Å². The van der Waals surface area contributed by atoms with E-state index in [1.165, 1.54) is 0 Å². The zero-order valence-electron chi connectivity index (χ0n) is 9.24. The predicted octanol–water partition coefficient (Wildman–Crippen LogP) is 1.20. The highest BCUT2D eigenvalue weighted by atomic mass is 16.5. The fourth-order valence-electron chi connectivity index (χ4n) is 1.09. The summed E-state index contributed by atoms with van der Waals surface area (Å²) >= 11 is 0. The third kappa shape index (κ3) is 2.45. The maximum Gasteiger partial charge on any atom is 0.265 e. The Balaban J connectivity index is 2.67. The summed E-state index contributed by atoms with van der Waals surface area (Å²) in [6.45, 7) is 7.86. The molecule has 0 spiro atoms. The van der Waals surface area contributed by atoms with Crippen LogP contribution in [0.3, 0.4) is 0 Å². The van der Waals surface area contributed by atoms with E-state index in [0.29, 0.717) is 11.8 Å².